The van der Waals surface area contributed by atoms with Gasteiger partial charge in [-0.15, -0.1) is 0 Å². The Bertz CT molecular complexity index is 826. The highest BCUT2D eigenvalue weighted by Gasteiger charge is 2.10. The third-order valence-corrected chi connectivity index (χ3v) is 2.85. The Morgan fingerprint density at radius 2 is 1.81 bits per heavy atom. The number of benzene rings is 2. The van der Waals surface area contributed by atoms with Crippen LogP contribution in [0.15, 0.2) is 47.1 Å². The van der Waals surface area contributed by atoms with Gasteiger partial charge in [-0.25, -0.2) is 4.63 Å². The highest BCUT2D eigenvalue weighted by molar-refractivity contribution is 6.05. The molecule has 1 amide bonds. The number of nitro groups is 1. The number of carbonyl (C=O) groups is 1. The molecule has 0 aliphatic heterocycles. The minimum absolute atomic E-state index is 0.0679. The topological polar surface area (TPSA) is 111 Å². The maximum Gasteiger partial charge on any atom is 0.269 e. The van der Waals surface area contributed by atoms with Crippen LogP contribution >= 0.6 is 0 Å². The molecule has 1 heterocycles. The van der Waals surface area contributed by atoms with Crippen LogP contribution in [-0.2, 0) is 0 Å². The van der Waals surface area contributed by atoms with E-state index in [0.29, 0.717) is 22.3 Å². The van der Waals surface area contributed by atoms with Crippen LogP contribution in [0.4, 0.5) is 11.4 Å². The average Bonchev–Trinajstić information content (AvgIpc) is 2.95. The number of nitro benzene ring substituents is 1. The fourth-order valence-corrected chi connectivity index (χ4v) is 1.80. The van der Waals surface area contributed by atoms with Crippen molar-refractivity contribution in [3.63, 3.8) is 0 Å². The monoisotopic (exact) mass is 284 g/mol. The van der Waals surface area contributed by atoms with E-state index in [0.717, 1.165) is 0 Å². The fourth-order valence-electron chi connectivity index (χ4n) is 1.80. The molecule has 3 aromatic rings. The van der Waals surface area contributed by atoms with Crippen molar-refractivity contribution in [1.29, 1.82) is 0 Å². The van der Waals surface area contributed by atoms with Gasteiger partial charge < -0.3 is 5.32 Å². The molecule has 21 heavy (non-hydrogen) atoms. The third-order valence-electron chi connectivity index (χ3n) is 2.85. The standard InChI is InChI=1S/C13H8N4O4/c18-13(8-1-4-10(5-2-8)17(19)20)14-9-3-6-11-12(7-9)16-21-15-11/h1-7H,(H,14,18). The number of rotatable bonds is 3. The van der Waals surface area contributed by atoms with E-state index in [1.807, 2.05) is 0 Å². The van der Waals surface area contributed by atoms with Crippen LogP contribution in [0.1, 0.15) is 10.4 Å². The second-order valence-electron chi connectivity index (χ2n) is 4.23. The van der Waals surface area contributed by atoms with Gasteiger partial charge in [-0.2, -0.15) is 0 Å². The second-order valence-corrected chi connectivity index (χ2v) is 4.23. The quantitative estimate of drug-likeness (QED) is 0.583. The Hall–Kier alpha value is -3.29. The maximum absolute atomic E-state index is 12.0. The van der Waals surface area contributed by atoms with Crippen molar-refractivity contribution in [3.8, 4) is 0 Å². The molecule has 0 aliphatic rings. The van der Waals surface area contributed by atoms with Crippen LogP contribution in [0.2, 0.25) is 0 Å². The van der Waals surface area contributed by atoms with E-state index < -0.39 is 4.92 Å². The van der Waals surface area contributed by atoms with Gasteiger partial charge in [0.05, 0.1) is 4.92 Å². The molecule has 1 N–H and O–H groups in total. The van der Waals surface area contributed by atoms with Gasteiger partial charge in [0.25, 0.3) is 11.6 Å². The summed E-state index contributed by atoms with van der Waals surface area (Å²) in [5.74, 6) is -0.374. The Labute approximate surface area is 117 Å². The van der Waals surface area contributed by atoms with Crippen LogP contribution in [0.5, 0.6) is 0 Å². The summed E-state index contributed by atoms with van der Waals surface area (Å²) in [7, 11) is 0. The molecule has 1 aromatic heterocycles. The zero-order valence-corrected chi connectivity index (χ0v) is 10.5. The zero-order chi connectivity index (χ0) is 14.8. The van der Waals surface area contributed by atoms with Crippen molar-refractivity contribution in [2.45, 2.75) is 0 Å². The molecule has 8 nitrogen and oxygen atoms in total. The molecule has 8 heteroatoms. The first kappa shape index (κ1) is 12.7. The molecule has 0 radical (unpaired) electrons. The van der Waals surface area contributed by atoms with E-state index in [9.17, 15) is 14.9 Å². The first-order valence-corrected chi connectivity index (χ1v) is 5.91. The number of nitrogens with zero attached hydrogens (tertiary/aromatic N) is 3. The molecule has 0 fully saturated rings. The minimum atomic E-state index is -0.521. The van der Waals surface area contributed by atoms with E-state index in [1.165, 1.54) is 24.3 Å². The van der Waals surface area contributed by atoms with Gasteiger partial charge in [0.15, 0.2) is 0 Å². The van der Waals surface area contributed by atoms with E-state index in [4.69, 9.17) is 0 Å². The number of anilines is 1. The lowest BCUT2D eigenvalue weighted by atomic mass is 10.2. The fraction of sp³-hybridized carbons (Fsp3) is 0. The van der Waals surface area contributed by atoms with Crippen LogP contribution < -0.4 is 5.32 Å². The largest absolute Gasteiger partial charge is 0.322 e. The lowest BCUT2D eigenvalue weighted by Crippen LogP contribution is -2.11. The summed E-state index contributed by atoms with van der Waals surface area (Å²) >= 11 is 0. The molecule has 3 rings (SSSR count). The molecular formula is C13H8N4O4. The van der Waals surface area contributed by atoms with E-state index in [-0.39, 0.29) is 11.6 Å². The molecule has 0 aliphatic carbocycles. The summed E-state index contributed by atoms with van der Waals surface area (Å²) < 4.78 is 4.57. The number of hydrogen-bond donors (Lipinski definition) is 1. The third kappa shape index (κ3) is 2.54. The predicted octanol–water partition coefficient (Wildman–Crippen LogP) is 2.38. The van der Waals surface area contributed by atoms with Crippen molar-refractivity contribution in [2.75, 3.05) is 5.32 Å². The van der Waals surface area contributed by atoms with Crippen LogP contribution in [0, 0.1) is 10.1 Å². The number of nitrogens with one attached hydrogen (secondary N) is 1. The minimum Gasteiger partial charge on any atom is -0.322 e. The highest BCUT2D eigenvalue weighted by atomic mass is 16.6. The summed E-state index contributed by atoms with van der Waals surface area (Å²) in [6.07, 6.45) is 0. The zero-order valence-electron chi connectivity index (χ0n) is 10.5. The Morgan fingerprint density at radius 1 is 1.10 bits per heavy atom. The van der Waals surface area contributed by atoms with Gasteiger partial charge in [0, 0.05) is 23.4 Å². The van der Waals surface area contributed by atoms with Gasteiger partial charge in [0.2, 0.25) is 0 Å². The van der Waals surface area contributed by atoms with Gasteiger partial charge in [0.1, 0.15) is 11.0 Å². The Morgan fingerprint density at radius 3 is 2.52 bits per heavy atom. The van der Waals surface area contributed by atoms with Crippen molar-refractivity contribution >= 4 is 28.3 Å². The van der Waals surface area contributed by atoms with Crippen LogP contribution in [-0.4, -0.2) is 21.1 Å². The molecule has 0 saturated heterocycles. The van der Waals surface area contributed by atoms with Crippen LogP contribution in [0.3, 0.4) is 0 Å². The van der Waals surface area contributed by atoms with Crippen molar-refractivity contribution in [1.82, 2.24) is 10.3 Å². The Balaban J connectivity index is 1.80. The first-order chi connectivity index (χ1) is 10.1. The molecule has 0 unspecified atom stereocenters. The SMILES string of the molecule is O=C(Nc1ccc2nonc2c1)c1ccc([N+](=O)[O-])cc1. The predicted molar refractivity (Wildman–Crippen MR) is 72.9 cm³/mol. The Kier molecular flexibility index (Phi) is 3.03. The molecule has 0 spiro atoms. The number of amides is 1. The maximum atomic E-state index is 12.0. The summed E-state index contributed by atoms with van der Waals surface area (Å²) in [6, 6.07) is 10.3. The number of fused-ring (bicyclic) bond motifs is 1. The second kappa shape index (κ2) is 5.00. The molecule has 0 bridgehead atoms. The van der Waals surface area contributed by atoms with E-state index in [1.54, 1.807) is 18.2 Å². The number of hydrogen-bond acceptors (Lipinski definition) is 6. The molecule has 2 aromatic carbocycles. The van der Waals surface area contributed by atoms with E-state index >= 15 is 0 Å². The summed E-state index contributed by atoms with van der Waals surface area (Å²) in [5, 5.41) is 20.6. The van der Waals surface area contributed by atoms with Crippen LogP contribution in [0.25, 0.3) is 11.0 Å². The normalized spacial score (nSPS) is 10.5. The first-order valence-electron chi connectivity index (χ1n) is 5.91. The summed E-state index contributed by atoms with van der Waals surface area (Å²) in [5.41, 5.74) is 1.89. The molecular weight excluding hydrogens is 276 g/mol. The number of non-ortho nitro benzene ring substituents is 1. The summed E-state index contributed by atoms with van der Waals surface area (Å²) in [4.78, 5) is 22.1. The van der Waals surface area contributed by atoms with Gasteiger partial charge in [-0.3, -0.25) is 14.9 Å². The molecule has 104 valence electrons. The van der Waals surface area contributed by atoms with Gasteiger partial charge in [-0.1, -0.05) is 0 Å². The molecule has 0 atom stereocenters. The summed E-state index contributed by atoms with van der Waals surface area (Å²) in [6.45, 7) is 0. The van der Waals surface area contributed by atoms with Crippen molar-refractivity contribution < 1.29 is 14.3 Å². The number of aromatic nitrogens is 2. The van der Waals surface area contributed by atoms with Gasteiger partial charge >= 0.3 is 0 Å². The number of carbonyl (C=O) groups excluding carboxylic acids is 1. The van der Waals surface area contributed by atoms with Crippen molar-refractivity contribution in [2.24, 2.45) is 0 Å². The highest BCUT2D eigenvalue weighted by Crippen LogP contribution is 2.17. The lowest BCUT2D eigenvalue weighted by molar-refractivity contribution is -0.384. The van der Waals surface area contributed by atoms with Gasteiger partial charge in [-0.05, 0) is 40.6 Å². The van der Waals surface area contributed by atoms with E-state index in [2.05, 4.69) is 20.3 Å². The van der Waals surface area contributed by atoms with Crippen molar-refractivity contribution in [3.05, 3.63) is 58.1 Å². The smallest absolute Gasteiger partial charge is 0.269 e. The molecule has 0 saturated carbocycles. The lowest BCUT2D eigenvalue weighted by Gasteiger charge is -2.04. The average molecular weight is 284 g/mol.